The summed E-state index contributed by atoms with van der Waals surface area (Å²) in [5, 5.41) is 9.82. The van der Waals surface area contributed by atoms with E-state index in [2.05, 4.69) is 5.92 Å². The number of methoxy groups -OCH3 is 1. The molecule has 0 radical (unpaired) electrons. The van der Waals surface area contributed by atoms with Crippen molar-refractivity contribution in [1.29, 1.82) is 0 Å². The fourth-order valence-electron chi connectivity index (χ4n) is 2.20. The summed E-state index contributed by atoms with van der Waals surface area (Å²) >= 11 is 1.25. The minimum Gasteiger partial charge on any atom is -0.391 e. The molecule has 0 unspecified atom stereocenters. The van der Waals surface area contributed by atoms with E-state index in [1.54, 1.807) is 14.0 Å². The number of fused-ring (bicyclic) bond motifs is 1. The van der Waals surface area contributed by atoms with Crippen molar-refractivity contribution in [2.45, 2.75) is 26.6 Å². The molecule has 0 amide bonds. The summed E-state index contributed by atoms with van der Waals surface area (Å²) in [7, 11) is 1.54. The highest BCUT2D eigenvalue weighted by Crippen LogP contribution is 2.27. The maximum absolute atomic E-state index is 12.5. The van der Waals surface area contributed by atoms with Gasteiger partial charge in [-0.2, -0.15) is 0 Å². The van der Waals surface area contributed by atoms with Gasteiger partial charge in [0.25, 0.3) is 5.56 Å². The molecule has 7 heteroatoms. The Morgan fingerprint density at radius 1 is 1.38 bits per heavy atom. The smallest absolute Gasteiger partial charge is 0.333 e. The molecule has 0 saturated heterocycles. The fraction of sp³-hybridized carbons (Fsp3) is 0.429. The molecule has 6 nitrogen and oxygen atoms in total. The van der Waals surface area contributed by atoms with Crippen molar-refractivity contribution in [1.82, 2.24) is 9.13 Å². The van der Waals surface area contributed by atoms with Gasteiger partial charge in [-0.3, -0.25) is 9.36 Å². The average molecular weight is 308 g/mol. The Bertz CT molecular complexity index is 823. The Morgan fingerprint density at radius 3 is 2.67 bits per heavy atom. The summed E-state index contributed by atoms with van der Waals surface area (Å²) in [5.74, 6) is 2.33. The second-order valence-electron chi connectivity index (χ2n) is 4.51. The van der Waals surface area contributed by atoms with Crippen LogP contribution in [0.3, 0.4) is 0 Å². The number of thiophene rings is 1. The van der Waals surface area contributed by atoms with E-state index in [-0.39, 0.29) is 13.2 Å². The Morgan fingerprint density at radius 2 is 2.10 bits per heavy atom. The number of aliphatic hydroxyl groups excluding tert-OH is 1. The summed E-state index contributed by atoms with van der Waals surface area (Å²) in [6.45, 7) is 2.18. The van der Waals surface area contributed by atoms with Gasteiger partial charge in [-0.15, -0.1) is 17.8 Å². The molecule has 1 N–H and O–H groups in total. The van der Waals surface area contributed by atoms with Gasteiger partial charge >= 0.3 is 5.69 Å². The number of aromatic nitrogens is 2. The van der Waals surface area contributed by atoms with Crippen molar-refractivity contribution in [3.8, 4) is 12.3 Å². The summed E-state index contributed by atoms with van der Waals surface area (Å²) in [6.07, 6.45) is 5.24. The van der Waals surface area contributed by atoms with Crippen molar-refractivity contribution < 1.29 is 9.84 Å². The molecule has 2 aromatic rings. The molecular weight excluding hydrogens is 292 g/mol. The van der Waals surface area contributed by atoms with E-state index in [0.29, 0.717) is 33.8 Å². The van der Waals surface area contributed by atoms with Crippen LogP contribution >= 0.6 is 11.3 Å². The van der Waals surface area contributed by atoms with Gasteiger partial charge in [0.2, 0.25) is 0 Å². The van der Waals surface area contributed by atoms with Crippen LogP contribution in [0, 0.1) is 19.3 Å². The summed E-state index contributed by atoms with van der Waals surface area (Å²) in [4.78, 5) is 26.1. The number of terminal acetylenes is 1. The zero-order valence-electron chi connectivity index (χ0n) is 11.9. The third-order valence-corrected chi connectivity index (χ3v) is 4.60. The van der Waals surface area contributed by atoms with Gasteiger partial charge in [-0.05, 0) is 12.5 Å². The minimum atomic E-state index is -0.451. The van der Waals surface area contributed by atoms with E-state index >= 15 is 0 Å². The van der Waals surface area contributed by atoms with Crippen molar-refractivity contribution in [3.63, 3.8) is 0 Å². The second kappa shape index (κ2) is 6.26. The van der Waals surface area contributed by atoms with E-state index in [4.69, 9.17) is 11.2 Å². The van der Waals surface area contributed by atoms with Crippen LogP contribution in [0.1, 0.15) is 10.4 Å². The first-order valence-corrected chi connectivity index (χ1v) is 7.17. The molecule has 112 valence electrons. The molecule has 0 fully saturated rings. The minimum absolute atomic E-state index is 0.0790. The SMILES string of the molecule is C#CCn1c(=O)c2c(C)c(CO)sc2n(CCOC)c1=O. The van der Waals surface area contributed by atoms with Gasteiger partial charge in [0.15, 0.2) is 0 Å². The summed E-state index contributed by atoms with van der Waals surface area (Å²) in [5.41, 5.74) is -0.164. The molecule has 0 spiro atoms. The van der Waals surface area contributed by atoms with Gasteiger partial charge in [-0.25, -0.2) is 9.36 Å². The third kappa shape index (κ3) is 2.53. The molecule has 21 heavy (non-hydrogen) atoms. The van der Waals surface area contributed by atoms with E-state index in [0.717, 1.165) is 4.57 Å². The maximum atomic E-state index is 12.5. The van der Waals surface area contributed by atoms with Crippen LogP contribution in [0.2, 0.25) is 0 Å². The standard InChI is InChI=1S/C14H16N2O4S/c1-4-5-15-12(18)11-9(2)10(8-17)21-13(11)16(14(15)19)6-7-20-3/h1,17H,5-8H2,2-3H3. The number of aliphatic hydroxyl groups is 1. The molecule has 0 bridgehead atoms. The van der Waals surface area contributed by atoms with Crippen molar-refractivity contribution in [2.24, 2.45) is 0 Å². The van der Waals surface area contributed by atoms with Crippen LogP contribution in [-0.4, -0.2) is 28.0 Å². The molecule has 0 aliphatic heterocycles. The Labute approximate surface area is 125 Å². The Hall–Kier alpha value is -1.88. The van der Waals surface area contributed by atoms with Crippen LogP contribution in [0.25, 0.3) is 10.2 Å². The van der Waals surface area contributed by atoms with Crippen LogP contribution in [-0.2, 0) is 24.4 Å². The molecule has 2 aromatic heterocycles. The topological polar surface area (TPSA) is 73.5 Å². The first-order chi connectivity index (χ1) is 10.1. The molecule has 2 heterocycles. The predicted octanol–water partition coefficient (Wildman–Crippen LogP) is 0.305. The van der Waals surface area contributed by atoms with Crippen LogP contribution in [0.4, 0.5) is 0 Å². The summed E-state index contributed by atoms with van der Waals surface area (Å²) < 4.78 is 7.53. The van der Waals surface area contributed by atoms with E-state index in [9.17, 15) is 14.7 Å². The van der Waals surface area contributed by atoms with Crippen molar-refractivity contribution in [2.75, 3.05) is 13.7 Å². The van der Waals surface area contributed by atoms with Crippen molar-refractivity contribution in [3.05, 3.63) is 31.3 Å². The number of hydrogen-bond donors (Lipinski definition) is 1. The molecule has 0 atom stereocenters. The second-order valence-corrected chi connectivity index (χ2v) is 5.59. The molecule has 0 aromatic carbocycles. The lowest BCUT2D eigenvalue weighted by molar-refractivity contribution is 0.186. The quantitative estimate of drug-likeness (QED) is 0.807. The van der Waals surface area contributed by atoms with Gasteiger partial charge in [-0.1, -0.05) is 5.92 Å². The monoisotopic (exact) mass is 308 g/mol. The number of rotatable bonds is 5. The van der Waals surface area contributed by atoms with Gasteiger partial charge in [0.05, 0.1) is 31.7 Å². The highest BCUT2D eigenvalue weighted by atomic mass is 32.1. The molecule has 2 rings (SSSR count). The first-order valence-electron chi connectivity index (χ1n) is 6.35. The molecule has 0 saturated carbocycles. The molecule has 0 aliphatic carbocycles. The van der Waals surface area contributed by atoms with Gasteiger partial charge in [0.1, 0.15) is 4.83 Å². The first kappa shape index (κ1) is 15.5. The summed E-state index contributed by atoms with van der Waals surface area (Å²) in [6, 6.07) is 0. The average Bonchev–Trinajstić information content (AvgIpc) is 2.80. The lowest BCUT2D eigenvalue weighted by Gasteiger charge is -2.10. The maximum Gasteiger partial charge on any atom is 0.333 e. The van der Waals surface area contributed by atoms with Gasteiger partial charge in [0, 0.05) is 12.0 Å². The fourth-order valence-corrected chi connectivity index (χ4v) is 3.38. The lowest BCUT2D eigenvalue weighted by atomic mass is 10.2. The third-order valence-electron chi connectivity index (χ3n) is 3.31. The highest BCUT2D eigenvalue weighted by Gasteiger charge is 2.19. The number of nitrogens with zero attached hydrogens (tertiary/aromatic N) is 2. The molecular formula is C14H16N2O4S. The van der Waals surface area contributed by atoms with Crippen molar-refractivity contribution >= 4 is 21.6 Å². The van der Waals surface area contributed by atoms with E-state index < -0.39 is 11.2 Å². The van der Waals surface area contributed by atoms with Crippen LogP contribution in [0.15, 0.2) is 9.59 Å². The van der Waals surface area contributed by atoms with E-state index in [1.807, 2.05) is 0 Å². The zero-order valence-corrected chi connectivity index (χ0v) is 12.7. The number of aryl methyl sites for hydroxylation is 1. The number of ether oxygens (including phenoxy) is 1. The Kier molecular flexibility index (Phi) is 4.63. The highest BCUT2D eigenvalue weighted by molar-refractivity contribution is 7.18. The zero-order chi connectivity index (χ0) is 15.6. The van der Waals surface area contributed by atoms with Crippen LogP contribution < -0.4 is 11.2 Å². The Balaban J connectivity index is 2.89. The molecule has 0 aliphatic rings. The normalized spacial score (nSPS) is 11.0. The van der Waals surface area contributed by atoms with E-state index in [1.165, 1.54) is 15.9 Å². The largest absolute Gasteiger partial charge is 0.391 e. The van der Waals surface area contributed by atoms with Crippen LogP contribution in [0.5, 0.6) is 0 Å². The lowest BCUT2D eigenvalue weighted by Crippen LogP contribution is -2.40. The predicted molar refractivity (Wildman–Crippen MR) is 81.7 cm³/mol. The number of hydrogen-bond acceptors (Lipinski definition) is 5. The van der Waals surface area contributed by atoms with Gasteiger partial charge < -0.3 is 9.84 Å².